The number of ether oxygens (including phenoxy) is 1. The second kappa shape index (κ2) is 6.08. The first kappa shape index (κ1) is 16.5. The van der Waals surface area contributed by atoms with Crippen molar-refractivity contribution in [3.05, 3.63) is 35.9 Å². The molecular formula is C17H23NO4. The molecule has 0 radical (unpaired) electrons. The molecule has 5 nitrogen and oxygen atoms in total. The highest BCUT2D eigenvalue weighted by molar-refractivity contribution is 5.86. The van der Waals surface area contributed by atoms with Gasteiger partial charge in [0.15, 0.2) is 0 Å². The van der Waals surface area contributed by atoms with E-state index in [-0.39, 0.29) is 5.91 Å². The fourth-order valence-corrected chi connectivity index (χ4v) is 2.94. The van der Waals surface area contributed by atoms with Gasteiger partial charge < -0.3 is 14.7 Å². The first-order chi connectivity index (χ1) is 10.3. The molecule has 0 aromatic heterocycles. The highest BCUT2D eigenvalue weighted by Gasteiger charge is 2.45. The summed E-state index contributed by atoms with van der Waals surface area (Å²) in [6, 6.07) is 9.28. The minimum Gasteiger partial charge on any atom is -0.481 e. The average Bonchev–Trinajstić information content (AvgIpc) is 2.54. The van der Waals surface area contributed by atoms with Crippen LogP contribution in [0.3, 0.4) is 0 Å². The molecule has 2 rings (SSSR count). The van der Waals surface area contributed by atoms with Crippen molar-refractivity contribution in [2.75, 3.05) is 20.2 Å². The minimum atomic E-state index is -0.907. The van der Waals surface area contributed by atoms with Gasteiger partial charge in [0, 0.05) is 20.2 Å². The number of nitrogens with zero attached hydrogens (tertiary/aromatic N) is 1. The molecule has 5 heteroatoms. The zero-order chi connectivity index (χ0) is 16.4. The molecule has 1 aliphatic rings. The van der Waals surface area contributed by atoms with Gasteiger partial charge in [-0.05, 0) is 32.3 Å². The third-order valence-corrected chi connectivity index (χ3v) is 4.67. The number of carbonyl (C=O) groups is 2. The molecule has 1 amide bonds. The van der Waals surface area contributed by atoms with Crippen LogP contribution in [0, 0.1) is 0 Å². The van der Waals surface area contributed by atoms with E-state index in [0.29, 0.717) is 25.9 Å². The monoisotopic (exact) mass is 305 g/mol. The lowest BCUT2D eigenvalue weighted by Crippen LogP contribution is -2.54. The van der Waals surface area contributed by atoms with Crippen LogP contribution >= 0.6 is 0 Å². The van der Waals surface area contributed by atoms with E-state index in [1.807, 2.05) is 30.3 Å². The summed E-state index contributed by atoms with van der Waals surface area (Å²) in [6.45, 7) is 4.30. The molecule has 1 fully saturated rings. The average molecular weight is 305 g/mol. The normalized spacial score (nSPS) is 18.0. The summed E-state index contributed by atoms with van der Waals surface area (Å²) in [5.41, 5.74) is -0.980. The molecule has 0 aliphatic carbocycles. The first-order valence-corrected chi connectivity index (χ1v) is 7.47. The molecule has 22 heavy (non-hydrogen) atoms. The van der Waals surface area contributed by atoms with Gasteiger partial charge in [-0.25, -0.2) is 0 Å². The fourth-order valence-electron chi connectivity index (χ4n) is 2.94. The van der Waals surface area contributed by atoms with Crippen molar-refractivity contribution in [1.82, 2.24) is 4.90 Å². The summed E-state index contributed by atoms with van der Waals surface area (Å²) < 4.78 is 5.23. The quantitative estimate of drug-likeness (QED) is 0.924. The third kappa shape index (κ3) is 2.86. The fraction of sp³-hybridized carbons (Fsp3) is 0.529. The molecule has 1 aliphatic heterocycles. The van der Waals surface area contributed by atoms with Gasteiger partial charge in [0.1, 0.15) is 5.60 Å². The number of hydrogen-bond acceptors (Lipinski definition) is 3. The molecule has 0 unspecified atom stereocenters. The van der Waals surface area contributed by atoms with E-state index in [1.54, 1.807) is 18.7 Å². The third-order valence-electron chi connectivity index (χ3n) is 4.67. The lowest BCUT2D eigenvalue weighted by molar-refractivity contribution is -0.156. The summed E-state index contributed by atoms with van der Waals surface area (Å²) in [4.78, 5) is 26.0. The Morgan fingerprint density at radius 2 is 1.73 bits per heavy atom. The molecule has 1 heterocycles. The number of rotatable bonds is 4. The zero-order valence-electron chi connectivity index (χ0n) is 13.3. The Kier molecular flexibility index (Phi) is 4.56. The SMILES string of the molecule is COC(C)(C)C(=O)N1CCC(C(=O)O)(c2ccccc2)CC1. The number of methoxy groups -OCH3 is 1. The van der Waals surface area contributed by atoms with Crippen molar-refractivity contribution >= 4 is 11.9 Å². The van der Waals surface area contributed by atoms with Gasteiger partial charge in [0.25, 0.3) is 5.91 Å². The van der Waals surface area contributed by atoms with E-state index >= 15 is 0 Å². The number of aliphatic carboxylic acids is 1. The summed E-state index contributed by atoms with van der Waals surface area (Å²) in [5, 5.41) is 9.74. The van der Waals surface area contributed by atoms with Crippen molar-refractivity contribution in [3.8, 4) is 0 Å². The van der Waals surface area contributed by atoms with Gasteiger partial charge in [-0.2, -0.15) is 0 Å². The van der Waals surface area contributed by atoms with Crippen LogP contribution in [0.4, 0.5) is 0 Å². The van der Waals surface area contributed by atoms with E-state index in [4.69, 9.17) is 4.74 Å². The van der Waals surface area contributed by atoms with Crippen LogP contribution in [0.15, 0.2) is 30.3 Å². The molecular weight excluding hydrogens is 282 g/mol. The molecule has 1 saturated heterocycles. The van der Waals surface area contributed by atoms with Crippen LogP contribution in [0.25, 0.3) is 0 Å². The topological polar surface area (TPSA) is 66.8 Å². The van der Waals surface area contributed by atoms with Gasteiger partial charge in [-0.1, -0.05) is 30.3 Å². The number of carboxylic acid groups (broad SMARTS) is 1. The number of piperidine rings is 1. The van der Waals surface area contributed by atoms with Gasteiger partial charge in [-0.3, -0.25) is 9.59 Å². The van der Waals surface area contributed by atoms with Gasteiger partial charge in [-0.15, -0.1) is 0 Å². The van der Waals surface area contributed by atoms with Crippen LogP contribution in [-0.4, -0.2) is 47.7 Å². The van der Waals surface area contributed by atoms with E-state index in [1.165, 1.54) is 7.11 Å². The molecule has 120 valence electrons. The maximum atomic E-state index is 12.4. The number of likely N-dealkylation sites (tertiary alicyclic amines) is 1. The van der Waals surface area contributed by atoms with Crippen molar-refractivity contribution in [2.24, 2.45) is 0 Å². The zero-order valence-corrected chi connectivity index (χ0v) is 13.3. The molecule has 1 N–H and O–H groups in total. The Morgan fingerprint density at radius 3 is 2.18 bits per heavy atom. The molecule has 0 bridgehead atoms. The van der Waals surface area contributed by atoms with Crippen LogP contribution in [0.5, 0.6) is 0 Å². The second-order valence-electron chi connectivity index (χ2n) is 6.26. The Labute approximate surface area is 130 Å². The number of hydrogen-bond donors (Lipinski definition) is 1. The van der Waals surface area contributed by atoms with Crippen LogP contribution in [0.2, 0.25) is 0 Å². The van der Waals surface area contributed by atoms with Gasteiger partial charge in [0.05, 0.1) is 5.41 Å². The maximum absolute atomic E-state index is 12.4. The maximum Gasteiger partial charge on any atom is 0.314 e. The molecule has 1 aromatic rings. The Bertz CT molecular complexity index is 545. The van der Waals surface area contributed by atoms with E-state index in [9.17, 15) is 14.7 Å². The largest absolute Gasteiger partial charge is 0.481 e. The summed E-state index contributed by atoms with van der Waals surface area (Å²) in [5.74, 6) is -0.918. The van der Waals surface area contributed by atoms with E-state index in [0.717, 1.165) is 5.56 Å². The summed E-state index contributed by atoms with van der Waals surface area (Å²) >= 11 is 0. The minimum absolute atomic E-state index is 0.0953. The molecule has 0 spiro atoms. The van der Waals surface area contributed by atoms with E-state index in [2.05, 4.69) is 0 Å². The van der Waals surface area contributed by atoms with Crippen LogP contribution in [0.1, 0.15) is 32.3 Å². The Hall–Kier alpha value is -1.88. The number of carbonyl (C=O) groups excluding carboxylic acids is 1. The Morgan fingerprint density at radius 1 is 1.18 bits per heavy atom. The van der Waals surface area contributed by atoms with Crippen molar-refractivity contribution in [2.45, 2.75) is 37.7 Å². The summed E-state index contributed by atoms with van der Waals surface area (Å²) in [6.07, 6.45) is 0.829. The number of carboxylic acids is 1. The van der Waals surface area contributed by atoms with Crippen LogP contribution < -0.4 is 0 Å². The predicted molar refractivity (Wildman–Crippen MR) is 82.7 cm³/mol. The summed E-state index contributed by atoms with van der Waals surface area (Å²) in [7, 11) is 1.51. The molecule has 0 saturated carbocycles. The highest BCUT2D eigenvalue weighted by Crippen LogP contribution is 2.36. The van der Waals surface area contributed by atoms with E-state index < -0.39 is 17.0 Å². The second-order valence-corrected chi connectivity index (χ2v) is 6.26. The first-order valence-electron chi connectivity index (χ1n) is 7.47. The Balaban J connectivity index is 2.18. The lowest BCUT2D eigenvalue weighted by Gasteiger charge is -2.41. The number of benzene rings is 1. The van der Waals surface area contributed by atoms with Crippen LogP contribution in [-0.2, 0) is 19.7 Å². The van der Waals surface area contributed by atoms with Gasteiger partial charge in [0.2, 0.25) is 0 Å². The predicted octanol–water partition coefficient (Wildman–Crippen LogP) is 2.06. The van der Waals surface area contributed by atoms with Crippen molar-refractivity contribution in [1.29, 1.82) is 0 Å². The molecule has 1 aromatic carbocycles. The van der Waals surface area contributed by atoms with Crippen molar-refractivity contribution < 1.29 is 19.4 Å². The molecule has 0 atom stereocenters. The van der Waals surface area contributed by atoms with Gasteiger partial charge >= 0.3 is 5.97 Å². The lowest BCUT2D eigenvalue weighted by atomic mass is 9.72. The number of amides is 1. The van der Waals surface area contributed by atoms with Crippen molar-refractivity contribution in [3.63, 3.8) is 0 Å². The standard InChI is InChI=1S/C17H23NO4/c1-16(2,22-3)14(19)18-11-9-17(10-12-18,15(20)21)13-7-5-4-6-8-13/h4-8H,9-12H2,1-3H3,(H,20,21). The highest BCUT2D eigenvalue weighted by atomic mass is 16.5. The smallest absolute Gasteiger partial charge is 0.314 e.